The summed E-state index contributed by atoms with van der Waals surface area (Å²) < 4.78 is 10.5. The van der Waals surface area contributed by atoms with Crippen LogP contribution in [0.2, 0.25) is 0 Å². The molecule has 0 fully saturated rings. The number of benzene rings is 2. The molecule has 0 radical (unpaired) electrons. The third-order valence-electron chi connectivity index (χ3n) is 3.88. The summed E-state index contributed by atoms with van der Waals surface area (Å²) in [5.41, 5.74) is 2.48. The number of amides is 1. The molecule has 8 heteroatoms. The van der Waals surface area contributed by atoms with Gasteiger partial charge in [-0.05, 0) is 48.5 Å². The molecule has 3 rings (SSSR count). The van der Waals surface area contributed by atoms with E-state index in [0.29, 0.717) is 16.9 Å². The van der Waals surface area contributed by atoms with Gasteiger partial charge >= 0.3 is 5.97 Å². The first-order valence-electron chi connectivity index (χ1n) is 8.62. The number of carbonyl (C=O) groups excluding carboxylic acids is 2. The van der Waals surface area contributed by atoms with Crippen LogP contribution in [-0.2, 0) is 16.1 Å². The Bertz CT molecular complexity index is 1040. The van der Waals surface area contributed by atoms with E-state index in [9.17, 15) is 9.59 Å². The van der Waals surface area contributed by atoms with Crippen molar-refractivity contribution >= 4 is 28.9 Å². The van der Waals surface area contributed by atoms with Gasteiger partial charge in [0.05, 0.1) is 24.4 Å². The SMILES string of the molecule is COc1ccc(-c2nc(COC(=O)c3ccc(NC(=O)CC#N)cc3)cs2)cc1. The fraction of sp³-hybridized carbons (Fsp3) is 0.143. The Morgan fingerprint density at radius 2 is 1.86 bits per heavy atom. The molecule has 0 saturated carbocycles. The number of nitrogens with one attached hydrogen (secondary N) is 1. The lowest BCUT2D eigenvalue weighted by atomic mass is 10.2. The van der Waals surface area contributed by atoms with Gasteiger partial charge in [0.25, 0.3) is 0 Å². The third kappa shape index (κ3) is 5.40. The van der Waals surface area contributed by atoms with Crippen molar-refractivity contribution in [2.75, 3.05) is 12.4 Å². The van der Waals surface area contributed by atoms with Crippen molar-refractivity contribution in [1.82, 2.24) is 4.98 Å². The molecule has 1 amide bonds. The summed E-state index contributed by atoms with van der Waals surface area (Å²) in [4.78, 5) is 28.1. The van der Waals surface area contributed by atoms with Gasteiger partial charge in [-0.15, -0.1) is 11.3 Å². The van der Waals surface area contributed by atoms with Crippen LogP contribution in [0.15, 0.2) is 53.9 Å². The molecule has 0 aliphatic rings. The first-order chi connectivity index (χ1) is 14.1. The second kappa shape index (κ2) is 9.48. The number of carbonyl (C=O) groups is 2. The zero-order valence-electron chi connectivity index (χ0n) is 15.5. The average molecular weight is 407 g/mol. The molecule has 2 aromatic carbocycles. The van der Waals surface area contributed by atoms with Gasteiger partial charge in [0.15, 0.2) is 0 Å². The first kappa shape index (κ1) is 20.0. The lowest BCUT2D eigenvalue weighted by Crippen LogP contribution is -2.10. The normalized spacial score (nSPS) is 10.1. The Labute approximate surface area is 171 Å². The number of rotatable bonds is 7. The van der Waals surface area contributed by atoms with Crippen LogP contribution in [0.3, 0.4) is 0 Å². The van der Waals surface area contributed by atoms with Crippen molar-refractivity contribution in [2.45, 2.75) is 13.0 Å². The number of thiazole rings is 1. The number of anilines is 1. The van der Waals surface area contributed by atoms with Gasteiger partial charge in [0, 0.05) is 16.6 Å². The van der Waals surface area contributed by atoms with Gasteiger partial charge in [-0.3, -0.25) is 4.79 Å². The minimum atomic E-state index is -0.487. The van der Waals surface area contributed by atoms with E-state index in [1.807, 2.05) is 29.6 Å². The summed E-state index contributed by atoms with van der Waals surface area (Å²) in [7, 11) is 1.61. The molecule has 7 nitrogen and oxygen atoms in total. The highest BCUT2D eigenvalue weighted by molar-refractivity contribution is 7.13. The summed E-state index contributed by atoms with van der Waals surface area (Å²) in [6, 6.07) is 15.6. The fourth-order valence-electron chi connectivity index (χ4n) is 2.43. The summed E-state index contributed by atoms with van der Waals surface area (Å²) in [6.07, 6.45) is -0.226. The molecule has 0 unspecified atom stereocenters. The van der Waals surface area contributed by atoms with E-state index in [-0.39, 0.29) is 13.0 Å². The maximum absolute atomic E-state index is 12.2. The maximum atomic E-state index is 12.2. The van der Waals surface area contributed by atoms with Crippen molar-refractivity contribution in [3.8, 4) is 22.4 Å². The molecule has 1 aromatic heterocycles. The van der Waals surface area contributed by atoms with Crippen molar-refractivity contribution in [1.29, 1.82) is 5.26 Å². The largest absolute Gasteiger partial charge is 0.497 e. The van der Waals surface area contributed by atoms with Gasteiger partial charge < -0.3 is 14.8 Å². The second-order valence-corrected chi connectivity index (χ2v) is 6.77. The molecular formula is C21H17N3O4S. The number of hydrogen-bond donors (Lipinski definition) is 1. The Balaban J connectivity index is 1.56. The van der Waals surface area contributed by atoms with Gasteiger partial charge in [-0.25, -0.2) is 9.78 Å². The Morgan fingerprint density at radius 3 is 2.52 bits per heavy atom. The van der Waals surface area contributed by atoms with Crippen LogP contribution in [0.25, 0.3) is 10.6 Å². The molecule has 0 aliphatic heterocycles. The number of nitrogens with zero attached hydrogens (tertiary/aromatic N) is 2. The summed E-state index contributed by atoms with van der Waals surface area (Å²) in [6.45, 7) is 0.0617. The van der Waals surface area contributed by atoms with E-state index in [4.69, 9.17) is 14.7 Å². The highest BCUT2D eigenvalue weighted by atomic mass is 32.1. The summed E-state index contributed by atoms with van der Waals surface area (Å²) in [5, 5.41) is 13.7. The lowest BCUT2D eigenvalue weighted by molar-refractivity contribution is -0.115. The van der Waals surface area contributed by atoms with Crippen LogP contribution >= 0.6 is 11.3 Å². The summed E-state index contributed by atoms with van der Waals surface area (Å²) in [5.74, 6) is -0.118. The first-order valence-corrected chi connectivity index (χ1v) is 9.50. The highest BCUT2D eigenvalue weighted by Crippen LogP contribution is 2.26. The number of methoxy groups -OCH3 is 1. The molecule has 0 bridgehead atoms. The van der Waals surface area contributed by atoms with Gasteiger partial charge in [0.1, 0.15) is 23.8 Å². The molecule has 0 spiro atoms. The summed E-state index contributed by atoms with van der Waals surface area (Å²) >= 11 is 1.47. The number of hydrogen-bond acceptors (Lipinski definition) is 7. The van der Waals surface area contributed by atoms with Gasteiger partial charge in [0.2, 0.25) is 5.91 Å². The number of esters is 1. The van der Waals surface area contributed by atoms with Crippen molar-refractivity contribution in [3.63, 3.8) is 0 Å². The number of nitriles is 1. The van der Waals surface area contributed by atoms with Gasteiger partial charge in [-0.1, -0.05) is 0 Å². The maximum Gasteiger partial charge on any atom is 0.338 e. The zero-order chi connectivity index (χ0) is 20.6. The zero-order valence-corrected chi connectivity index (χ0v) is 16.4. The van der Waals surface area contributed by atoms with Crippen LogP contribution in [-0.4, -0.2) is 24.0 Å². The average Bonchev–Trinajstić information content (AvgIpc) is 3.22. The van der Waals surface area contributed by atoms with Crippen LogP contribution in [0.4, 0.5) is 5.69 Å². The van der Waals surface area contributed by atoms with E-state index in [1.54, 1.807) is 37.4 Å². The monoisotopic (exact) mass is 407 g/mol. The Kier molecular flexibility index (Phi) is 6.55. The van der Waals surface area contributed by atoms with Gasteiger partial charge in [-0.2, -0.15) is 5.26 Å². The van der Waals surface area contributed by atoms with E-state index in [0.717, 1.165) is 16.3 Å². The van der Waals surface area contributed by atoms with Crippen molar-refractivity contribution < 1.29 is 19.1 Å². The van der Waals surface area contributed by atoms with E-state index in [2.05, 4.69) is 10.3 Å². The van der Waals surface area contributed by atoms with Crippen LogP contribution in [0.5, 0.6) is 5.75 Å². The van der Waals surface area contributed by atoms with E-state index >= 15 is 0 Å². The Hall–Kier alpha value is -3.70. The smallest absolute Gasteiger partial charge is 0.338 e. The number of ether oxygens (including phenoxy) is 2. The molecule has 146 valence electrons. The van der Waals surface area contributed by atoms with Crippen LogP contribution < -0.4 is 10.1 Å². The third-order valence-corrected chi connectivity index (χ3v) is 4.82. The second-order valence-electron chi connectivity index (χ2n) is 5.91. The van der Waals surface area contributed by atoms with Crippen molar-refractivity contribution in [3.05, 3.63) is 65.2 Å². The van der Waals surface area contributed by atoms with E-state index in [1.165, 1.54) is 11.3 Å². The Morgan fingerprint density at radius 1 is 1.14 bits per heavy atom. The van der Waals surface area contributed by atoms with Crippen LogP contribution in [0, 0.1) is 11.3 Å². The minimum Gasteiger partial charge on any atom is -0.497 e. The topological polar surface area (TPSA) is 101 Å². The predicted octanol–water partition coefficient (Wildman–Crippen LogP) is 4.03. The molecular weight excluding hydrogens is 390 g/mol. The molecule has 1 N–H and O–H groups in total. The molecule has 29 heavy (non-hydrogen) atoms. The lowest BCUT2D eigenvalue weighted by Gasteiger charge is -2.05. The van der Waals surface area contributed by atoms with Crippen molar-refractivity contribution in [2.24, 2.45) is 0 Å². The minimum absolute atomic E-state index is 0.0617. The van der Waals surface area contributed by atoms with Crippen LogP contribution in [0.1, 0.15) is 22.5 Å². The molecule has 1 heterocycles. The quantitative estimate of drug-likeness (QED) is 0.594. The molecule has 0 saturated heterocycles. The standard InChI is InChI=1S/C21H17N3O4S/c1-27-18-8-4-14(5-9-18)20-24-17(13-29-20)12-28-21(26)15-2-6-16(7-3-15)23-19(25)10-11-22/h2-9,13H,10,12H2,1H3,(H,23,25). The highest BCUT2D eigenvalue weighted by Gasteiger charge is 2.11. The van der Waals surface area contributed by atoms with E-state index < -0.39 is 11.9 Å². The molecule has 0 aliphatic carbocycles. The molecule has 0 atom stereocenters. The fourth-order valence-corrected chi connectivity index (χ4v) is 3.24. The predicted molar refractivity (Wildman–Crippen MR) is 109 cm³/mol. The number of aromatic nitrogens is 1. The molecule has 3 aromatic rings.